The Hall–Kier alpha value is -1.40. The van der Waals surface area contributed by atoms with Gasteiger partial charge in [-0.05, 0) is 37.1 Å². The smallest absolute Gasteiger partial charge is 0.123 e. The van der Waals surface area contributed by atoms with Gasteiger partial charge in [0.05, 0.1) is 11.6 Å². The molecule has 98 valence electrons. The highest BCUT2D eigenvalue weighted by Crippen LogP contribution is 2.11. The normalized spacial score (nSPS) is 12.1. The van der Waals surface area contributed by atoms with Crippen LogP contribution in [0.25, 0.3) is 0 Å². The lowest BCUT2D eigenvalue weighted by Crippen LogP contribution is -2.25. The van der Waals surface area contributed by atoms with E-state index in [1.807, 2.05) is 0 Å². The molecule has 0 heterocycles. The van der Waals surface area contributed by atoms with E-state index in [1.54, 1.807) is 0 Å². The molecule has 2 nitrogen and oxygen atoms in total. The second kappa shape index (κ2) is 7.84. The molecule has 0 spiro atoms. The Bertz CT molecular complexity index is 409. The number of hydrogen-bond donors (Lipinski definition) is 1. The van der Waals surface area contributed by atoms with Crippen molar-refractivity contribution in [3.8, 4) is 6.07 Å². The molecule has 0 saturated heterocycles. The van der Waals surface area contributed by atoms with Gasteiger partial charge in [-0.25, -0.2) is 4.39 Å². The fourth-order valence-corrected chi connectivity index (χ4v) is 1.90. The van der Waals surface area contributed by atoms with Crippen LogP contribution >= 0.6 is 0 Å². The van der Waals surface area contributed by atoms with Crippen LogP contribution in [0.2, 0.25) is 0 Å². The van der Waals surface area contributed by atoms with Crippen molar-refractivity contribution in [3.05, 3.63) is 35.1 Å². The zero-order valence-electron chi connectivity index (χ0n) is 11.2. The number of halogens is 1. The van der Waals surface area contributed by atoms with Crippen LogP contribution in [0.3, 0.4) is 0 Å². The van der Waals surface area contributed by atoms with Crippen LogP contribution in [0, 0.1) is 17.1 Å². The van der Waals surface area contributed by atoms with Gasteiger partial charge in [0, 0.05) is 12.6 Å². The maximum absolute atomic E-state index is 13.1. The molecule has 0 bridgehead atoms. The summed E-state index contributed by atoms with van der Waals surface area (Å²) in [6.07, 6.45) is 4.79. The van der Waals surface area contributed by atoms with Gasteiger partial charge >= 0.3 is 0 Å². The van der Waals surface area contributed by atoms with Crippen LogP contribution in [0.15, 0.2) is 18.2 Å². The Morgan fingerprint density at radius 1 is 1.39 bits per heavy atom. The molecular weight excluding hydrogens is 227 g/mol. The molecule has 0 aliphatic rings. The number of unbranched alkanes of at least 4 members (excludes halogenated alkanes) is 2. The van der Waals surface area contributed by atoms with Crippen molar-refractivity contribution in [3.63, 3.8) is 0 Å². The van der Waals surface area contributed by atoms with E-state index in [9.17, 15) is 4.39 Å². The Morgan fingerprint density at radius 3 is 2.83 bits per heavy atom. The first-order valence-electron chi connectivity index (χ1n) is 6.59. The van der Waals surface area contributed by atoms with Gasteiger partial charge in [-0.3, -0.25) is 0 Å². The van der Waals surface area contributed by atoms with E-state index >= 15 is 0 Å². The average Bonchev–Trinajstić information content (AvgIpc) is 2.37. The molecule has 1 rings (SSSR count). The summed E-state index contributed by atoms with van der Waals surface area (Å²) in [6, 6.07) is 6.78. The van der Waals surface area contributed by atoms with Crippen LogP contribution in [-0.2, 0) is 6.54 Å². The first-order valence-corrected chi connectivity index (χ1v) is 6.59. The first kappa shape index (κ1) is 14.7. The largest absolute Gasteiger partial charge is 0.310 e. The Morgan fingerprint density at radius 2 is 2.17 bits per heavy atom. The van der Waals surface area contributed by atoms with Gasteiger partial charge in [0.25, 0.3) is 0 Å². The number of benzene rings is 1. The Kier molecular flexibility index (Phi) is 6.38. The molecule has 0 aromatic heterocycles. The summed E-state index contributed by atoms with van der Waals surface area (Å²) >= 11 is 0. The molecule has 3 heteroatoms. The molecule has 18 heavy (non-hydrogen) atoms. The number of nitriles is 1. The van der Waals surface area contributed by atoms with Gasteiger partial charge in [-0.2, -0.15) is 5.26 Å². The van der Waals surface area contributed by atoms with E-state index in [4.69, 9.17) is 5.26 Å². The second-order valence-electron chi connectivity index (χ2n) is 4.69. The molecule has 0 aliphatic carbocycles. The van der Waals surface area contributed by atoms with Crippen molar-refractivity contribution >= 4 is 0 Å². The summed E-state index contributed by atoms with van der Waals surface area (Å²) in [5, 5.41) is 12.3. The molecule has 0 radical (unpaired) electrons. The van der Waals surface area contributed by atoms with E-state index in [2.05, 4.69) is 25.2 Å². The highest BCUT2D eigenvalue weighted by molar-refractivity contribution is 5.37. The summed E-state index contributed by atoms with van der Waals surface area (Å²) in [7, 11) is 0. The van der Waals surface area contributed by atoms with Crippen LogP contribution in [-0.4, -0.2) is 6.04 Å². The third-order valence-corrected chi connectivity index (χ3v) is 3.07. The van der Waals surface area contributed by atoms with Crippen LogP contribution in [0.1, 0.15) is 50.7 Å². The van der Waals surface area contributed by atoms with Gasteiger partial charge in [0.2, 0.25) is 0 Å². The third kappa shape index (κ3) is 4.85. The quantitative estimate of drug-likeness (QED) is 0.746. The monoisotopic (exact) mass is 248 g/mol. The summed E-state index contributed by atoms with van der Waals surface area (Å²) in [5.74, 6) is -0.288. The maximum Gasteiger partial charge on any atom is 0.123 e. The number of hydrogen-bond acceptors (Lipinski definition) is 2. The van der Waals surface area contributed by atoms with Crippen molar-refractivity contribution in [1.29, 1.82) is 5.26 Å². The summed E-state index contributed by atoms with van der Waals surface area (Å²) in [4.78, 5) is 0. The summed E-state index contributed by atoms with van der Waals surface area (Å²) in [6.45, 7) is 4.86. The van der Waals surface area contributed by atoms with Gasteiger partial charge in [0.15, 0.2) is 0 Å². The summed E-state index contributed by atoms with van der Waals surface area (Å²) in [5.41, 5.74) is 1.28. The van der Waals surface area contributed by atoms with Gasteiger partial charge < -0.3 is 5.32 Å². The molecule has 1 aromatic carbocycles. The van der Waals surface area contributed by atoms with E-state index < -0.39 is 0 Å². The van der Waals surface area contributed by atoms with Gasteiger partial charge in [-0.1, -0.05) is 26.2 Å². The van der Waals surface area contributed by atoms with Crippen molar-refractivity contribution in [2.75, 3.05) is 0 Å². The van der Waals surface area contributed by atoms with Crippen molar-refractivity contribution in [2.45, 2.75) is 52.1 Å². The molecule has 1 unspecified atom stereocenters. The van der Waals surface area contributed by atoms with E-state index in [-0.39, 0.29) is 5.82 Å². The first-order chi connectivity index (χ1) is 8.67. The SMILES string of the molecule is CCCCCC(C)NCc1cc(F)ccc1C#N. The topological polar surface area (TPSA) is 35.8 Å². The number of rotatable bonds is 7. The second-order valence-corrected chi connectivity index (χ2v) is 4.69. The van der Waals surface area contributed by atoms with Gasteiger partial charge in [-0.15, -0.1) is 0 Å². The standard InChI is InChI=1S/C15H21FN2/c1-3-4-5-6-12(2)18-11-14-9-15(16)8-7-13(14)10-17/h7-9,12,18H,3-6,11H2,1-2H3. The van der Waals surface area contributed by atoms with E-state index in [1.165, 1.54) is 37.5 Å². The molecule has 1 N–H and O–H groups in total. The fraction of sp³-hybridized carbons (Fsp3) is 0.533. The van der Waals surface area contributed by atoms with E-state index in [0.717, 1.165) is 12.0 Å². The molecular formula is C15H21FN2. The van der Waals surface area contributed by atoms with E-state index in [0.29, 0.717) is 18.2 Å². The average molecular weight is 248 g/mol. The lowest BCUT2D eigenvalue weighted by molar-refractivity contribution is 0.486. The Balaban J connectivity index is 2.47. The number of nitrogens with one attached hydrogen (secondary N) is 1. The summed E-state index contributed by atoms with van der Waals surface area (Å²) < 4.78 is 13.1. The molecule has 1 atom stereocenters. The Labute approximate surface area is 109 Å². The molecule has 0 saturated carbocycles. The minimum Gasteiger partial charge on any atom is -0.310 e. The highest BCUT2D eigenvalue weighted by atomic mass is 19.1. The van der Waals surface area contributed by atoms with Crippen molar-refractivity contribution in [1.82, 2.24) is 5.32 Å². The lowest BCUT2D eigenvalue weighted by Gasteiger charge is -2.14. The van der Waals surface area contributed by atoms with Gasteiger partial charge in [0.1, 0.15) is 5.82 Å². The van der Waals surface area contributed by atoms with Crippen molar-refractivity contribution in [2.24, 2.45) is 0 Å². The maximum atomic E-state index is 13.1. The van der Waals surface area contributed by atoms with Crippen LogP contribution in [0.4, 0.5) is 4.39 Å². The fourth-order valence-electron chi connectivity index (χ4n) is 1.90. The van der Waals surface area contributed by atoms with Crippen molar-refractivity contribution < 1.29 is 4.39 Å². The predicted molar refractivity (Wildman–Crippen MR) is 71.6 cm³/mol. The highest BCUT2D eigenvalue weighted by Gasteiger charge is 2.06. The van der Waals surface area contributed by atoms with Crippen LogP contribution < -0.4 is 5.32 Å². The minimum absolute atomic E-state index is 0.288. The molecule has 0 aliphatic heterocycles. The molecule has 1 aromatic rings. The zero-order chi connectivity index (χ0) is 13.4. The van der Waals surface area contributed by atoms with Crippen LogP contribution in [0.5, 0.6) is 0 Å². The predicted octanol–water partition coefficient (Wildman–Crippen LogP) is 3.76. The third-order valence-electron chi connectivity index (χ3n) is 3.07. The minimum atomic E-state index is -0.288. The molecule has 0 fully saturated rings. The zero-order valence-corrected chi connectivity index (χ0v) is 11.2. The number of nitrogens with zero attached hydrogens (tertiary/aromatic N) is 1. The molecule has 0 amide bonds. The lowest BCUT2D eigenvalue weighted by atomic mass is 10.1.